The molecule has 1 spiro atoms. The number of furan rings is 1. The van der Waals surface area contributed by atoms with Crippen LogP contribution in [-0.2, 0) is 0 Å². The number of hydrazone groups is 1. The third kappa shape index (κ3) is 2.50. The summed E-state index contributed by atoms with van der Waals surface area (Å²) >= 11 is 3.61. The first-order valence-corrected chi connectivity index (χ1v) is 9.94. The Morgan fingerprint density at radius 3 is 2.73 bits per heavy atom. The van der Waals surface area contributed by atoms with Gasteiger partial charge in [-0.15, -0.1) is 0 Å². The first-order valence-electron chi connectivity index (χ1n) is 9.15. The number of likely N-dealkylation sites (tertiary alicyclic amines) is 1. The van der Waals surface area contributed by atoms with Gasteiger partial charge in [-0.3, -0.25) is 0 Å². The van der Waals surface area contributed by atoms with Crippen LogP contribution in [0.15, 0.2) is 44.3 Å². The van der Waals surface area contributed by atoms with Crippen molar-refractivity contribution >= 4 is 21.6 Å². The fourth-order valence-corrected chi connectivity index (χ4v) is 4.67. The topological polar surface area (TPSA) is 41.2 Å². The third-order valence-corrected chi connectivity index (χ3v) is 6.25. The standard InChI is InChI=1S/C20H22BrN3O2/c1-13-3-5-19(25-13)16-12-17-15-11-14(21)4-6-18(15)26-20(24(17)22-16)7-9-23(2)10-8-20/h3-6,11,17H,7-10,12H2,1-2H3/t17-/m0/s1. The molecular weight excluding hydrogens is 394 g/mol. The number of rotatable bonds is 1. The van der Waals surface area contributed by atoms with Gasteiger partial charge in [0.2, 0.25) is 5.72 Å². The van der Waals surface area contributed by atoms with Gasteiger partial charge in [0.25, 0.3) is 0 Å². The Labute approximate surface area is 161 Å². The Balaban J connectivity index is 1.59. The van der Waals surface area contributed by atoms with Crippen molar-refractivity contribution in [3.63, 3.8) is 0 Å². The van der Waals surface area contributed by atoms with Gasteiger partial charge in [0.05, 0.1) is 6.04 Å². The zero-order chi connectivity index (χ0) is 17.9. The van der Waals surface area contributed by atoms with Crippen molar-refractivity contribution in [1.29, 1.82) is 0 Å². The van der Waals surface area contributed by atoms with E-state index in [1.807, 2.05) is 19.1 Å². The number of hydrogen-bond acceptors (Lipinski definition) is 5. The van der Waals surface area contributed by atoms with E-state index in [-0.39, 0.29) is 11.8 Å². The van der Waals surface area contributed by atoms with Crippen molar-refractivity contribution in [3.05, 3.63) is 51.9 Å². The van der Waals surface area contributed by atoms with Crippen molar-refractivity contribution in [2.75, 3.05) is 20.1 Å². The molecule has 0 saturated carbocycles. The summed E-state index contributed by atoms with van der Waals surface area (Å²) in [6.45, 7) is 4.00. The summed E-state index contributed by atoms with van der Waals surface area (Å²) < 4.78 is 13.5. The second-order valence-electron chi connectivity index (χ2n) is 7.56. The summed E-state index contributed by atoms with van der Waals surface area (Å²) in [6.07, 6.45) is 2.74. The van der Waals surface area contributed by atoms with Crippen LogP contribution in [0.4, 0.5) is 0 Å². The summed E-state index contributed by atoms with van der Waals surface area (Å²) in [6, 6.07) is 10.5. The molecule has 4 heterocycles. The lowest BCUT2D eigenvalue weighted by atomic mass is 9.91. The molecule has 1 atom stereocenters. The first-order chi connectivity index (χ1) is 12.5. The maximum absolute atomic E-state index is 6.61. The summed E-state index contributed by atoms with van der Waals surface area (Å²) in [4.78, 5) is 2.36. The predicted octanol–water partition coefficient (Wildman–Crippen LogP) is 4.32. The molecule has 1 aromatic carbocycles. The van der Waals surface area contributed by atoms with Crippen molar-refractivity contribution < 1.29 is 9.15 Å². The van der Waals surface area contributed by atoms with Crippen molar-refractivity contribution in [2.24, 2.45) is 5.10 Å². The molecule has 0 aliphatic carbocycles. The molecule has 1 aromatic heterocycles. The highest BCUT2D eigenvalue weighted by molar-refractivity contribution is 9.10. The molecule has 3 aliphatic rings. The van der Waals surface area contributed by atoms with Gasteiger partial charge in [-0.05, 0) is 44.3 Å². The number of halogens is 1. The molecule has 6 heteroatoms. The summed E-state index contributed by atoms with van der Waals surface area (Å²) in [5.74, 6) is 2.78. The van der Waals surface area contributed by atoms with E-state index in [4.69, 9.17) is 14.3 Å². The van der Waals surface area contributed by atoms with E-state index in [0.717, 1.165) is 59.8 Å². The number of ether oxygens (including phenoxy) is 1. The number of fused-ring (bicyclic) bond motifs is 4. The minimum absolute atomic E-state index is 0.195. The zero-order valence-corrected chi connectivity index (χ0v) is 16.6. The number of benzene rings is 1. The van der Waals surface area contributed by atoms with E-state index >= 15 is 0 Å². The van der Waals surface area contributed by atoms with Gasteiger partial charge in [-0.2, -0.15) is 5.10 Å². The third-order valence-electron chi connectivity index (χ3n) is 5.75. The summed E-state index contributed by atoms with van der Waals surface area (Å²) in [7, 11) is 2.17. The molecule has 1 saturated heterocycles. The van der Waals surface area contributed by atoms with E-state index in [0.29, 0.717) is 0 Å². The van der Waals surface area contributed by atoms with Gasteiger partial charge in [-0.1, -0.05) is 15.9 Å². The molecule has 1 fully saturated rings. The SMILES string of the molecule is Cc1ccc(C2=NN3[C@@H](C2)c2cc(Br)ccc2OC32CCN(C)CC2)o1. The number of piperidine rings is 1. The average molecular weight is 416 g/mol. The Bertz CT molecular complexity index is 883. The van der Waals surface area contributed by atoms with Gasteiger partial charge in [0, 0.05) is 42.4 Å². The molecule has 3 aliphatic heterocycles. The van der Waals surface area contributed by atoms with Gasteiger partial charge in [0.1, 0.15) is 23.0 Å². The molecule has 5 rings (SSSR count). The monoisotopic (exact) mass is 415 g/mol. The number of aryl methyl sites for hydroxylation is 1. The van der Waals surface area contributed by atoms with Crippen LogP contribution in [0.2, 0.25) is 0 Å². The van der Waals surface area contributed by atoms with E-state index in [2.05, 4.69) is 51.1 Å². The van der Waals surface area contributed by atoms with E-state index in [1.165, 1.54) is 5.56 Å². The normalized spacial score (nSPS) is 24.2. The quantitative estimate of drug-likeness (QED) is 0.695. The molecule has 0 amide bonds. The second kappa shape index (κ2) is 5.86. The van der Waals surface area contributed by atoms with Crippen LogP contribution in [0.3, 0.4) is 0 Å². The van der Waals surface area contributed by atoms with E-state index in [1.54, 1.807) is 0 Å². The van der Waals surface area contributed by atoms with Gasteiger partial charge < -0.3 is 14.1 Å². The predicted molar refractivity (Wildman–Crippen MR) is 103 cm³/mol. The minimum Gasteiger partial charge on any atom is -0.466 e. The summed E-state index contributed by atoms with van der Waals surface area (Å²) in [5, 5.41) is 7.25. The minimum atomic E-state index is -0.360. The number of hydrogen-bond donors (Lipinski definition) is 0. The molecule has 26 heavy (non-hydrogen) atoms. The first kappa shape index (κ1) is 16.4. The van der Waals surface area contributed by atoms with Gasteiger partial charge in [0.15, 0.2) is 0 Å². The molecule has 0 radical (unpaired) electrons. The highest BCUT2D eigenvalue weighted by atomic mass is 79.9. The van der Waals surface area contributed by atoms with Crippen molar-refractivity contribution in [3.8, 4) is 5.75 Å². The molecule has 5 nitrogen and oxygen atoms in total. The van der Waals surface area contributed by atoms with Gasteiger partial charge in [-0.25, -0.2) is 5.01 Å². The van der Waals surface area contributed by atoms with E-state index < -0.39 is 0 Å². The summed E-state index contributed by atoms with van der Waals surface area (Å²) in [5.41, 5.74) is 1.85. The Morgan fingerprint density at radius 1 is 1.19 bits per heavy atom. The van der Waals surface area contributed by atoms with Crippen molar-refractivity contribution in [2.45, 2.75) is 38.0 Å². The van der Waals surface area contributed by atoms with Crippen LogP contribution in [-0.4, -0.2) is 41.5 Å². The highest BCUT2D eigenvalue weighted by Gasteiger charge is 2.51. The molecule has 0 bridgehead atoms. The molecule has 0 unspecified atom stereocenters. The maximum atomic E-state index is 6.61. The lowest BCUT2D eigenvalue weighted by molar-refractivity contribution is -0.147. The van der Waals surface area contributed by atoms with Crippen LogP contribution < -0.4 is 4.74 Å². The molecule has 136 valence electrons. The largest absolute Gasteiger partial charge is 0.466 e. The highest BCUT2D eigenvalue weighted by Crippen LogP contribution is 2.50. The fourth-order valence-electron chi connectivity index (χ4n) is 4.29. The molecule has 2 aromatic rings. The van der Waals surface area contributed by atoms with E-state index in [9.17, 15) is 0 Å². The van der Waals surface area contributed by atoms with Crippen molar-refractivity contribution in [1.82, 2.24) is 9.91 Å². The maximum Gasteiger partial charge on any atom is 0.200 e. The zero-order valence-electron chi connectivity index (χ0n) is 15.0. The lowest BCUT2D eigenvalue weighted by Gasteiger charge is -2.50. The molecular formula is C20H22BrN3O2. The Hall–Kier alpha value is -1.79. The van der Waals surface area contributed by atoms with Crippen LogP contribution >= 0.6 is 15.9 Å². The Kier molecular flexibility index (Phi) is 3.69. The second-order valence-corrected chi connectivity index (χ2v) is 8.47. The molecule has 0 N–H and O–H groups in total. The fraction of sp³-hybridized carbons (Fsp3) is 0.450. The smallest absolute Gasteiger partial charge is 0.200 e. The van der Waals surface area contributed by atoms with Crippen LogP contribution in [0.1, 0.15) is 42.4 Å². The Morgan fingerprint density at radius 2 is 2.00 bits per heavy atom. The van der Waals surface area contributed by atoms with Gasteiger partial charge >= 0.3 is 0 Å². The average Bonchev–Trinajstić information content (AvgIpc) is 3.25. The number of nitrogens with zero attached hydrogens (tertiary/aromatic N) is 3. The van der Waals surface area contributed by atoms with Crippen LogP contribution in [0.25, 0.3) is 0 Å². The van der Waals surface area contributed by atoms with Crippen LogP contribution in [0.5, 0.6) is 5.75 Å². The van der Waals surface area contributed by atoms with Crippen LogP contribution in [0, 0.1) is 6.92 Å². The lowest BCUT2D eigenvalue weighted by Crippen LogP contribution is -2.58.